The maximum absolute atomic E-state index is 6.16. The van der Waals surface area contributed by atoms with Gasteiger partial charge in [-0.15, -0.1) is 0 Å². The van der Waals surface area contributed by atoms with Crippen molar-refractivity contribution >= 4 is 23.4 Å². The van der Waals surface area contributed by atoms with Crippen molar-refractivity contribution in [1.82, 2.24) is 0 Å². The predicted octanol–water partition coefficient (Wildman–Crippen LogP) is 3.92. The van der Waals surface area contributed by atoms with Crippen molar-refractivity contribution in [3.05, 3.63) is 28.8 Å². The lowest BCUT2D eigenvalue weighted by molar-refractivity contribution is 0.323. The average molecular weight is 300 g/mol. The summed E-state index contributed by atoms with van der Waals surface area (Å²) in [7, 11) is 0. The van der Waals surface area contributed by atoms with Gasteiger partial charge in [0.2, 0.25) is 0 Å². The Bertz CT molecular complexity index is 407. The minimum atomic E-state index is 0.362. The third-order valence-electron chi connectivity index (χ3n) is 3.76. The van der Waals surface area contributed by atoms with Gasteiger partial charge in [-0.25, -0.2) is 0 Å². The zero-order valence-electron chi connectivity index (χ0n) is 11.4. The van der Waals surface area contributed by atoms with Crippen LogP contribution in [0.15, 0.2) is 18.2 Å². The summed E-state index contributed by atoms with van der Waals surface area (Å²) >= 11 is 8.20. The molecule has 0 spiro atoms. The van der Waals surface area contributed by atoms with E-state index < -0.39 is 0 Å². The first-order valence-electron chi connectivity index (χ1n) is 6.96. The first-order chi connectivity index (χ1) is 9.26. The highest BCUT2D eigenvalue weighted by molar-refractivity contribution is 7.99. The third-order valence-corrected chi connectivity index (χ3v) is 5.04. The van der Waals surface area contributed by atoms with Crippen molar-refractivity contribution in [3.63, 3.8) is 0 Å². The summed E-state index contributed by atoms with van der Waals surface area (Å²) in [5.41, 5.74) is 7.23. The Balaban J connectivity index is 2.27. The van der Waals surface area contributed by atoms with Gasteiger partial charge in [-0.05, 0) is 61.9 Å². The van der Waals surface area contributed by atoms with E-state index in [1.807, 2.05) is 36.9 Å². The Morgan fingerprint density at radius 2 is 2.16 bits per heavy atom. The van der Waals surface area contributed by atoms with Gasteiger partial charge in [0.05, 0.1) is 6.61 Å². The van der Waals surface area contributed by atoms with Crippen LogP contribution in [0.2, 0.25) is 5.02 Å². The Hall–Kier alpha value is -0.380. The smallest absolute Gasteiger partial charge is 0.122 e. The van der Waals surface area contributed by atoms with Gasteiger partial charge in [0, 0.05) is 16.5 Å². The molecule has 0 saturated carbocycles. The van der Waals surface area contributed by atoms with Crippen molar-refractivity contribution in [3.8, 4) is 5.75 Å². The molecule has 1 aromatic rings. The summed E-state index contributed by atoms with van der Waals surface area (Å²) in [6.45, 7) is 3.34. The van der Waals surface area contributed by atoms with Crippen LogP contribution in [0.5, 0.6) is 5.75 Å². The third kappa shape index (κ3) is 3.80. The number of nitrogens with two attached hydrogens (primary N) is 1. The number of rotatable bonds is 5. The fourth-order valence-corrected chi connectivity index (χ4v) is 4.11. The van der Waals surface area contributed by atoms with Crippen molar-refractivity contribution in [2.45, 2.75) is 25.7 Å². The Morgan fingerprint density at radius 3 is 2.79 bits per heavy atom. The van der Waals surface area contributed by atoms with Crippen molar-refractivity contribution < 1.29 is 4.74 Å². The molecule has 1 aromatic carbocycles. The van der Waals surface area contributed by atoms with Gasteiger partial charge in [0.25, 0.3) is 0 Å². The maximum atomic E-state index is 6.16. The summed E-state index contributed by atoms with van der Waals surface area (Å²) < 4.78 is 5.75. The topological polar surface area (TPSA) is 35.2 Å². The lowest BCUT2D eigenvalue weighted by atomic mass is 9.82. The molecule has 0 aromatic heterocycles. The fourth-order valence-electron chi connectivity index (χ4n) is 2.79. The molecule has 2 nitrogen and oxygen atoms in total. The van der Waals surface area contributed by atoms with Crippen LogP contribution < -0.4 is 10.5 Å². The number of ether oxygens (including phenoxy) is 1. The maximum Gasteiger partial charge on any atom is 0.122 e. The molecule has 1 fully saturated rings. The molecule has 1 atom stereocenters. The molecule has 2 rings (SSSR count). The van der Waals surface area contributed by atoms with Gasteiger partial charge in [-0.1, -0.05) is 11.6 Å². The van der Waals surface area contributed by atoms with Crippen LogP contribution in [0.3, 0.4) is 0 Å². The molecule has 1 saturated heterocycles. The van der Waals surface area contributed by atoms with Crippen LogP contribution in [-0.4, -0.2) is 24.7 Å². The normalized spacial score (nSPS) is 18.3. The largest absolute Gasteiger partial charge is 0.494 e. The van der Waals surface area contributed by atoms with E-state index in [-0.39, 0.29) is 0 Å². The van der Waals surface area contributed by atoms with Gasteiger partial charge >= 0.3 is 0 Å². The van der Waals surface area contributed by atoms with Crippen molar-refractivity contribution in [1.29, 1.82) is 0 Å². The van der Waals surface area contributed by atoms with Gasteiger partial charge in [-0.3, -0.25) is 0 Å². The standard InChI is InChI=1S/C15H22ClNOS/c1-2-18-15-4-3-12(16)9-13(15)14(10-17)11-5-7-19-8-6-11/h3-4,9,11,14H,2,5-8,10,17H2,1H3. The zero-order valence-corrected chi connectivity index (χ0v) is 13.0. The van der Waals surface area contributed by atoms with E-state index in [2.05, 4.69) is 0 Å². The molecular weight excluding hydrogens is 278 g/mol. The van der Waals surface area contributed by atoms with Crippen LogP contribution in [0.4, 0.5) is 0 Å². The highest BCUT2D eigenvalue weighted by Crippen LogP contribution is 2.39. The van der Waals surface area contributed by atoms with E-state index in [0.717, 1.165) is 10.8 Å². The second kappa shape index (κ2) is 7.41. The Kier molecular flexibility index (Phi) is 5.86. The van der Waals surface area contributed by atoms with Gasteiger partial charge in [0.15, 0.2) is 0 Å². The van der Waals surface area contributed by atoms with E-state index in [0.29, 0.717) is 25.0 Å². The van der Waals surface area contributed by atoms with E-state index in [9.17, 15) is 0 Å². The molecule has 19 heavy (non-hydrogen) atoms. The van der Waals surface area contributed by atoms with Crippen molar-refractivity contribution in [2.24, 2.45) is 11.7 Å². The SMILES string of the molecule is CCOc1ccc(Cl)cc1C(CN)C1CCSCC1. The van der Waals surface area contributed by atoms with Gasteiger partial charge in [0.1, 0.15) is 5.75 Å². The molecule has 1 unspecified atom stereocenters. The summed E-state index contributed by atoms with van der Waals surface area (Å²) in [4.78, 5) is 0. The number of benzene rings is 1. The molecule has 0 amide bonds. The minimum Gasteiger partial charge on any atom is -0.494 e. The van der Waals surface area contributed by atoms with Gasteiger partial charge in [-0.2, -0.15) is 11.8 Å². The average Bonchev–Trinajstić information content (AvgIpc) is 2.44. The molecule has 1 aliphatic rings. The summed E-state index contributed by atoms with van der Waals surface area (Å²) in [6, 6.07) is 5.90. The summed E-state index contributed by atoms with van der Waals surface area (Å²) in [5, 5.41) is 0.766. The molecule has 0 bridgehead atoms. The van der Waals surface area contributed by atoms with Crippen LogP contribution in [0.25, 0.3) is 0 Å². The van der Waals surface area contributed by atoms with Crippen LogP contribution in [0.1, 0.15) is 31.2 Å². The second-order valence-corrected chi connectivity index (χ2v) is 6.57. The van der Waals surface area contributed by atoms with Crippen molar-refractivity contribution in [2.75, 3.05) is 24.7 Å². The molecule has 0 radical (unpaired) electrons. The number of hydrogen-bond donors (Lipinski definition) is 1. The number of thioether (sulfide) groups is 1. The highest BCUT2D eigenvalue weighted by Gasteiger charge is 2.26. The van der Waals surface area contributed by atoms with E-state index in [1.54, 1.807) is 0 Å². The van der Waals surface area contributed by atoms with E-state index in [1.165, 1.54) is 29.9 Å². The van der Waals surface area contributed by atoms with E-state index in [4.69, 9.17) is 22.1 Å². The molecule has 4 heteroatoms. The van der Waals surface area contributed by atoms with Crippen LogP contribution >= 0.6 is 23.4 Å². The molecule has 1 aliphatic heterocycles. The first kappa shape index (κ1) is 15.0. The number of halogens is 1. The van der Waals surface area contributed by atoms with E-state index >= 15 is 0 Å². The second-order valence-electron chi connectivity index (χ2n) is 4.91. The Labute approximate surface area is 125 Å². The molecule has 0 aliphatic carbocycles. The predicted molar refractivity (Wildman–Crippen MR) is 84.5 cm³/mol. The van der Waals surface area contributed by atoms with Crippen LogP contribution in [0, 0.1) is 5.92 Å². The Morgan fingerprint density at radius 1 is 1.42 bits per heavy atom. The molecule has 106 valence electrons. The highest BCUT2D eigenvalue weighted by atomic mass is 35.5. The lowest BCUT2D eigenvalue weighted by Gasteiger charge is -2.30. The lowest BCUT2D eigenvalue weighted by Crippen LogP contribution is -2.25. The zero-order chi connectivity index (χ0) is 13.7. The molecular formula is C15H22ClNOS. The summed E-state index contributed by atoms with van der Waals surface area (Å²) in [6.07, 6.45) is 2.48. The number of hydrogen-bond acceptors (Lipinski definition) is 3. The fraction of sp³-hybridized carbons (Fsp3) is 0.600. The monoisotopic (exact) mass is 299 g/mol. The van der Waals surface area contributed by atoms with Gasteiger partial charge < -0.3 is 10.5 Å². The minimum absolute atomic E-state index is 0.362. The quantitative estimate of drug-likeness (QED) is 0.895. The van der Waals surface area contributed by atoms with Crippen LogP contribution in [-0.2, 0) is 0 Å². The molecule has 2 N–H and O–H groups in total. The first-order valence-corrected chi connectivity index (χ1v) is 8.49. The molecule has 1 heterocycles. The summed E-state index contributed by atoms with van der Waals surface area (Å²) in [5.74, 6) is 4.45.